The van der Waals surface area contributed by atoms with Crippen LogP contribution in [0.15, 0.2) is 30.3 Å². The van der Waals surface area contributed by atoms with Crippen molar-refractivity contribution >= 4 is 27.9 Å². The van der Waals surface area contributed by atoms with Crippen LogP contribution in [0.25, 0.3) is 0 Å². The minimum atomic E-state index is -0.494. The van der Waals surface area contributed by atoms with E-state index < -0.39 is 4.92 Å². The number of fused-ring (bicyclic) bond motifs is 1. The second-order valence-corrected chi connectivity index (χ2v) is 5.82. The first kappa shape index (κ1) is 13.7. The lowest BCUT2D eigenvalue weighted by molar-refractivity contribution is -0.380. The molecule has 2 aromatic rings. The summed E-state index contributed by atoms with van der Waals surface area (Å²) in [6.45, 7) is 1.76. The summed E-state index contributed by atoms with van der Waals surface area (Å²) < 4.78 is 0. The monoisotopic (exact) mass is 303 g/mol. The van der Waals surface area contributed by atoms with E-state index in [2.05, 4.69) is 10.6 Å². The van der Waals surface area contributed by atoms with Crippen LogP contribution in [0, 0.1) is 10.1 Å². The third-order valence-electron chi connectivity index (χ3n) is 3.35. The first-order valence-corrected chi connectivity index (χ1v) is 7.33. The quantitative estimate of drug-likeness (QED) is 0.674. The van der Waals surface area contributed by atoms with E-state index in [1.165, 1.54) is 23.3 Å². The Kier molecular flexibility index (Phi) is 3.68. The Bertz CT molecular complexity index is 711. The Hall–Kier alpha value is -2.25. The van der Waals surface area contributed by atoms with Gasteiger partial charge >= 0.3 is 5.00 Å². The van der Waals surface area contributed by atoms with Crippen molar-refractivity contribution in [1.29, 1.82) is 0 Å². The van der Waals surface area contributed by atoms with Gasteiger partial charge in [0.05, 0.1) is 9.80 Å². The fraction of sp³-hybridized carbons (Fsp3) is 0.214. The third-order valence-corrected chi connectivity index (χ3v) is 4.38. The molecule has 0 bridgehead atoms. The Labute approximate surface area is 124 Å². The molecule has 0 unspecified atom stereocenters. The highest BCUT2D eigenvalue weighted by Gasteiger charge is 2.16. The molecule has 1 aromatic carbocycles. The van der Waals surface area contributed by atoms with E-state index >= 15 is 0 Å². The van der Waals surface area contributed by atoms with Gasteiger partial charge in [-0.05, 0) is 42.3 Å². The van der Waals surface area contributed by atoms with Gasteiger partial charge in [-0.1, -0.05) is 17.4 Å². The van der Waals surface area contributed by atoms with Crippen molar-refractivity contribution in [3.05, 3.63) is 56.5 Å². The van der Waals surface area contributed by atoms with Crippen molar-refractivity contribution in [3.8, 4) is 0 Å². The summed E-state index contributed by atoms with van der Waals surface area (Å²) in [7, 11) is 0. The molecule has 0 saturated carbocycles. The Balaban J connectivity index is 1.76. The number of nitrogens with zero attached hydrogens (tertiary/aromatic N) is 1. The molecular formula is C14H13N3O3S. The number of benzene rings is 1. The van der Waals surface area contributed by atoms with Gasteiger partial charge in [0.25, 0.3) is 5.91 Å². The smallest absolute Gasteiger partial charge is 0.321 e. The van der Waals surface area contributed by atoms with E-state index in [0.29, 0.717) is 10.6 Å². The maximum atomic E-state index is 12.1. The SMILES string of the molecule is O=C(Nc1ccc2c(c1)CNCC2)c1ccc([N+](=O)[O-])s1. The van der Waals surface area contributed by atoms with Crippen LogP contribution >= 0.6 is 11.3 Å². The molecule has 6 nitrogen and oxygen atoms in total. The van der Waals surface area contributed by atoms with E-state index in [-0.39, 0.29) is 10.9 Å². The number of carbonyl (C=O) groups is 1. The molecule has 3 rings (SSSR count). The lowest BCUT2D eigenvalue weighted by Gasteiger charge is -2.17. The highest BCUT2D eigenvalue weighted by Crippen LogP contribution is 2.25. The number of hydrogen-bond donors (Lipinski definition) is 2. The lowest BCUT2D eigenvalue weighted by atomic mass is 10.0. The van der Waals surface area contributed by atoms with Gasteiger partial charge in [0, 0.05) is 18.3 Å². The normalized spacial score (nSPS) is 13.5. The van der Waals surface area contributed by atoms with Crippen molar-refractivity contribution < 1.29 is 9.72 Å². The summed E-state index contributed by atoms with van der Waals surface area (Å²) in [6.07, 6.45) is 0.987. The fourth-order valence-corrected chi connectivity index (χ4v) is 3.01. The first-order valence-electron chi connectivity index (χ1n) is 6.51. The molecule has 21 heavy (non-hydrogen) atoms. The summed E-state index contributed by atoms with van der Waals surface area (Å²) in [6, 6.07) is 8.64. The second kappa shape index (κ2) is 5.63. The maximum Gasteiger partial charge on any atom is 0.324 e. The van der Waals surface area contributed by atoms with Crippen LogP contribution in [-0.4, -0.2) is 17.4 Å². The summed E-state index contributed by atoms with van der Waals surface area (Å²) in [4.78, 5) is 22.5. The van der Waals surface area contributed by atoms with Crippen molar-refractivity contribution in [2.24, 2.45) is 0 Å². The zero-order valence-electron chi connectivity index (χ0n) is 11.1. The van der Waals surface area contributed by atoms with Crippen LogP contribution in [0.2, 0.25) is 0 Å². The van der Waals surface area contributed by atoms with Crippen LogP contribution in [0.4, 0.5) is 10.7 Å². The predicted octanol–water partition coefficient (Wildman–Crippen LogP) is 2.55. The number of carbonyl (C=O) groups excluding carboxylic acids is 1. The summed E-state index contributed by atoms with van der Waals surface area (Å²) in [5, 5.41) is 16.7. The van der Waals surface area contributed by atoms with E-state index in [4.69, 9.17) is 0 Å². The molecule has 1 amide bonds. The number of nitrogens with one attached hydrogen (secondary N) is 2. The molecule has 0 fully saturated rings. The van der Waals surface area contributed by atoms with Crippen LogP contribution in [0.1, 0.15) is 20.8 Å². The number of anilines is 1. The minimum Gasteiger partial charge on any atom is -0.321 e. The number of nitro groups is 1. The average Bonchev–Trinajstić information content (AvgIpc) is 2.97. The van der Waals surface area contributed by atoms with Gasteiger partial charge < -0.3 is 10.6 Å². The molecule has 2 heterocycles. The third kappa shape index (κ3) is 2.93. The van der Waals surface area contributed by atoms with Crippen LogP contribution in [-0.2, 0) is 13.0 Å². The van der Waals surface area contributed by atoms with Gasteiger partial charge in [-0.2, -0.15) is 0 Å². The summed E-state index contributed by atoms with van der Waals surface area (Å²) in [5.41, 5.74) is 3.17. The summed E-state index contributed by atoms with van der Waals surface area (Å²) in [5.74, 6) is -0.322. The number of amides is 1. The van der Waals surface area contributed by atoms with E-state index in [1.54, 1.807) is 0 Å². The van der Waals surface area contributed by atoms with Gasteiger partial charge in [0.15, 0.2) is 0 Å². The first-order chi connectivity index (χ1) is 10.1. The molecule has 2 N–H and O–H groups in total. The molecule has 0 spiro atoms. The number of hydrogen-bond acceptors (Lipinski definition) is 5. The molecular weight excluding hydrogens is 290 g/mol. The van der Waals surface area contributed by atoms with Gasteiger partial charge in [-0.15, -0.1) is 0 Å². The predicted molar refractivity (Wildman–Crippen MR) is 80.8 cm³/mol. The molecule has 108 valence electrons. The van der Waals surface area contributed by atoms with Gasteiger partial charge in [0.2, 0.25) is 0 Å². The van der Waals surface area contributed by atoms with E-state index in [0.717, 1.165) is 30.8 Å². The largest absolute Gasteiger partial charge is 0.324 e. The molecule has 0 saturated heterocycles. The Morgan fingerprint density at radius 2 is 2.14 bits per heavy atom. The Morgan fingerprint density at radius 1 is 1.29 bits per heavy atom. The van der Waals surface area contributed by atoms with Crippen molar-refractivity contribution in [3.63, 3.8) is 0 Å². The molecule has 7 heteroatoms. The highest BCUT2D eigenvalue weighted by molar-refractivity contribution is 7.17. The van der Waals surface area contributed by atoms with Crippen molar-refractivity contribution in [2.75, 3.05) is 11.9 Å². The molecule has 0 radical (unpaired) electrons. The van der Waals surface area contributed by atoms with E-state index in [1.807, 2.05) is 18.2 Å². The average molecular weight is 303 g/mol. The van der Waals surface area contributed by atoms with Crippen molar-refractivity contribution in [1.82, 2.24) is 5.32 Å². The maximum absolute atomic E-state index is 12.1. The van der Waals surface area contributed by atoms with Gasteiger partial charge in [-0.25, -0.2) is 0 Å². The highest BCUT2D eigenvalue weighted by atomic mass is 32.1. The molecule has 0 atom stereocenters. The summed E-state index contributed by atoms with van der Waals surface area (Å²) >= 11 is 0.874. The second-order valence-electron chi connectivity index (χ2n) is 4.76. The zero-order valence-corrected chi connectivity index (χ0v) is 11.9. The molecule has 1 aliphatic heterocycles. The van der Waals surface area contributed by atoms with Crippen molar-refractivity contribution in [2.45, 2.75) is 13.0 Å². The standard InChI is InChI=1S/C14H13N3O3S/c18-14(12-3-4-13(21-12)17(19)20)16-11-2-1-9-5-6-15-8-10(9)7-11/h1-4,7,15H,5-6,8H2,(H,16,18). The number of rotatable bonds is 3. The van der Waals surface area contributed by atoms with Crippen LogP contribution in [0.5, 0.6) is 0 Å². The minimum absolute atomic E-state index is 0.0326. The van der Waals surface area contributed by atoms with E-state index in [9.17, 15) is 14.9 Å². The number of thiophene rings is 1. The molecule has 1 aromatic heterocycles. The fourth-order valence-electron chi connectivity index (χ4n) is 2.30. The zero-order chi connectivity index (χ0) is 14.8. The molecule has 0 aliphatic carbocycles. The lowest BCUT2D eigenvalue weighted by Crippen LogP contribution is -2.23. The molecule has 1 aliphatic rings. The van der Waals surface area contributed by atoms with Crippen LogP contribution in [0.3, 0.4) is 0 Å². The van der Waals surface area contributed by atoms with Gasteiger partial charge in [0.1, 0.15) is 0 Å². The Morgan fingerprint density at radius 3 is 2.90 bits per heavy atom. The van der Waals surface area contributed by atoms with Gasteiger partial charge in [-0.3, -0.25) is 14.9 Å². The topological polar surface area (TPSA) is 84.3 Å². The van der Waals surface area contributed by atoms with Crippen LogP contribution < -0.4 is 10.6 Å².